The Bertz CT molecular complexity index is 722. The van der Waals surface area contributed by atoms with E-state index in [9.17, 15) is 18.0 Å². The molecular formula is C14H15F3N6O2. The summed E-state index contributed by atoms with van der Waals surface area (Å²) in [6.45, 7) is 0.858. The Hall–Kier alpha value is -2.72. The Morgan fingerprint density at radius 1 is 1.40 bits per heavy atom. The quantitative estimate of drug-likeness (QED) is 0.817. The fraction of sp³-hybridized carbons (Fsp3) is 0.500. The summed E-state index contributed by atoms with van der Waals surface area (Å²) in [6, 6.07) is 0.437. The predicted molar refractivity (Wildman–Crippen MR) is 77.3 cm³/mol. The molecular weight excluding hydrogens is 341 g/mol. The van der Waals surface area contributed by atoms with Gasteiger partial charge in [-0.1, -0.05) is 0 Å². The van der Waals surface area contributed by atoms with E-state index in [1.807, 2.05) is 0 Å². The van der Waals surface area contributed by atoms with Gasteiger partial charge in [-0.05, 0) is 18.9 Å². The van der Waals surface area contributed by atoms with Gasteiger partial charge < -0.3 is 9.64 Å². The fourth-order valence-electron chi connectivity index (χ4n) is 2.52. The van der Waals surface area contributed by atoms with Crippen LogP contribution in [0.25, 0.3) is 0 Å². The highest BCUT2D eigenvalue weighted by Crippen LogP contribution is 2.28. The number of halogens is 3. The molecule has 0 N–H and O–H groups in total. The number of hydrogen-bond donors (Lipinski definition) is 0. The number of hydrogen-bond acceptors (Lipinski definition) is 6. The van der Waals surface area contributed by atoms with Crippen molar-refractivity contribution in [2.75, 3.05) is 13.1 Å². The Labute approximate surface area is 140 Å². The molecule has 1 fully saturated rings. The normalized spacial score (nSPS) is 18.2. The summed E-state index contributed by atoms with van der Waals surface area (Å²) >= 11 is 0. The molecule has 1 saturated heterocycles. The first-order valence-electron chi connectivity index (χ1n) is 7.59. The zero-order chi connectivity index (χ0) is 17.9. The maximum atomic E-state index is 12.7. The molecule has 0 bridgehead atoms. The van der Waals surface area contributed by atoms with Crippen LogP contribution in [0.3, 0.4) is 0 Å². The lowest BCUT2D eigenvalue weighted by molar-refractivity contribution is -0.141. The highest BCUT2D eigenvalue weighted by molar-refractivity contribution is 5.76. The largest absolute Gasteiger partial charge is 0.458 e. The van der Waals surface area contributed by atoms with Crippen LogP contribution in [0.4, 0.5) is 13.2 Å². The molecule has 0 aliphatic carbocycles. The van der Waals surface area contributed by atoms with Crippen molar-refractivity contribution < 1.29 is 22.7 Å². The number of carbonyl (C=O) groups is 1. The zero-order valence-electron chi connectivity index (χ0n) is 13.1. The smallest absolute Gasteiger partial charge is 0.433 e. The van der Waals surface area contributed by atoms with Crippen LogP contribution in [0, 0.1) is 0 Å². The second-order valence-corrected chi connectivity index (χ2v) is 5.54. The molecule has 134 valence electrons. The predicted octanol–water partition coefficient (Wildman–Crippen LogP) is 1.16. The standard InChI is InChI=1S/C14H15F3N6O2/c15-14(16,17)11-3-4-19-13(21-11)25-10-2-1-5-22(6-10)12(24)7-23-9-18-8-20-23/h3-4,8-10H,1-2,5-7H2. The third-order valence-corrected chi connectivity index (χ3v) is 3.69. The number of aromatic nitrogens is 5. The second-order valence-electron chi connectivity index (χ2n) is 5.54. The van der Waals surface area contributed by atoms with Crippen LogP contribution < -0.4 is 4.74 Å². The number of likely N-dealkylation sites (tertiary alicyclic amines) is 1. The lowest BCUT2D eigenvalue weighted by atomic mass is 10.1. The lowest BCUT2D eigenvalue weighted by Gasteiger charge is -2.32. The maximum Gasteiger partial charge on any atom is 0.433 e. The molecule has 3 rings (SSSR count). The Morgan fingerprint density at radius 3 is 2.96 bits per heavy atom. The number of ether oxygens (including phenoxy) is 1. The number of carbonyl (C=O) groups excluding carboxylic acids is 1. The summed E-state index contributed by atoms with van der Waals surface area (Å²) in [5.41, 5.74) is -1.06. The molecule has 25 heavy (non-hydrogen) atoms. The summed E-state index contributed by atoms with van der Waals surface area (Å²) < 4.78 is 44.9. The Morgan fingerprint density at radius 2 is 2.24 bits per heavy atom. The van der Waals surface area contributed by atoms with Gasteiger partial charge in [0.2, 0.25) is 5.91 Å². The molecule has 0 spiro atoms. The van der Waals surface area contributed by atoms with Crippen molar-refractivity contribution in [2.45, 2.75) is 31.7 Å². The Kier molecular flexibility index (Phi) is 4.81. The second kappa shape index (κ2) is 7.03. The first kappa shape index (κ1) is 17.1. The van der Waals surface area contributed by atoms with E-state index in [2.05, 4.69) is 20.1 Å². The van der Waals surface area contributed by atoms with Gasteiger partial charge in [0.15, 0.2) is 5.69 Å². The molecule has 1 unspecified atom stereocenters. The highest BCUT2D eigenvalue weighted by Gasteiger charge is 2.33. The lowest BCUT2D eigenvalue weighted by Crippen LogP contribution is -2.45. The number of alkyl halides is 3. The summed E-state index contributed by atoms with van der Waals surface area (Å²) in [6.07, 6.45) is 0.0261. The van der Waals surface area contributed by atoms with E-state index in [1.54, 1.807) is 4.90 Å². The zero-order valence-corrected chi connectivity index (χ0v) is 13.1. The molecule has 0 aromatic carbocycles. The number of amides is 1. The van der Waals surface area contributed by atoms with Crippen LogP contribution in [0.2, 0.25) is 0 Å². The van der Waals surface area contributed by atoms with E-state index < -0.39 is 18.0 Å². The average Bonchev–Trinajstić information content (AvgIpc) is 3.07. The molecule has 0 saturated carbocycles. The summed E-state index contributed by atoms with van der Waals surface area (Å²) in [4.78, 5) is 24.7. The third kappa shape index (κ3) is 4.43. The third-order valence-electron chi connectivity index (χ3n) is 3.69. The first-order valence-corrected chi connectivity index (χ1v) is 7.59. The molecule has 1 atom stereocenters. The molecule has 2 aromatic heterocycles. The van der Waals surface area contributed by atoms with Crippen LogP contribution in [-0.2, 0) is 17.5 Å². The topological polar surface area (TPSA) is 86.0 Å². The molecule has 2 aromatic rings. The number of rotatable bonds is 4. The molecule has 0 radical (unpaired) electrons. The van der Waals surface area contributed by atoms with Crippen molar-refractivity contribution in [1.82, 2.24) is 29.6 Å². The van der Waals surface area contributed by atoms with Crippen LogP contribution in [0.15, 0.2) is 24.9 Å². The summed E-state index contributed by atoms with van der Waals surface area (Å²) in [5.74, 6) is -0.163. The van der Waals surface area contributed by atoms with E-state index in [0.717, 1.165) is 12.3 Å². The average molecular weight is 356 g/mol. The van der Waals surface area contributed by atoms with Gasteiger partial charge in [0.05, 0.1) is 6.54 Å². The maximum absolute atomic E-state index is 12.7. The van der Waals surface area contributed by atoms with E-state index in [-0.39, 0.29) is 25.0 Å². The van der Waals surface area contributed by atoms with Crippen molar-refractivity contribution >= 4 is 5.91 Å². The first-order chi connectivity index (χ1) is 11.9. The van der Waals surface area contributed by atoms with Gasteiger partial charge in [0, 0.05) is 12.7 Å². The summed E-state index contributed by atoms with van der Waals surface area (Å²) in [5, 5.41) is 3.87. The van der Waals surface area contributed by atoms with Crippen LogP contribution in [0.1, 0.15) is 18.5 Å². The van der Waals surface area contributed by atoms with Crippen molar-refractivity contribution in [2.24, 2.45) is 0 Å². The van der Waals surface area contributed by atoms with Crippen LogP contribution >= 0.6 is 0 Å². The van der Waals surface area contributed by atoms with Gasteiger partial charge in [0.1, 0.15) is 25.3 Å². The molecule has 11 heteroatoms. The summed E-state index contributed by atoms with van der Waals surface area (Å²) in [7, 11) is 0. The van der Waals surface area contributed by atoms with E-state index in [1.165, 1.54) is 17.3 Å². The van der Waals surface area contributed by atoms with Gasteiger partial charge in [-0.3, -0.25) is 4.79 Å². The van der Waals surface area contributed by atoms with Gasteiger partial charge in [-0.25, -0.2) is 14.6 Å². The minimum atomic E-state index is -4.56. The van der Waals surface area contributed by atoms with Crippen molar-refractivity contribution in [3.05, 3.63) is 30.6 Å². The number of nitrogens with zero attached hydrogens (tertiary/aromatic N) is 6. The van der Waals surface area contributed by atoms with Crippen LogP contribution in [0.5, 0.6) is 6.01 Å². The molecule has 3 heterocycles. The molecule has 1 amide bonds. The fourth-order valence-corrected chi connectivity index (χ4v) is 2.52. The van der Waals surface area contributed by atoms with Crippen molar-refractivity contribution in [1.29, 1.82) is 0 Å². The number of piperidine rings is 1. The van der Waals surface area contributed by atoms with Crippen molar-refractivity contribution in [3.63, 3.8) is 0 Å². The van der Waals surface area contributed by atoms with Crippen molar-refractivity contribution in [3.8, 4) is 6.01 Å². The van der Waals surface area contributed by atoms with Gasteiger partial charge in [-0.15, -0.1) is 0 Å². The van der Waals surface area contributed by atoms with Gasteiger partial charge >= 0.3 is 12.2 Å². The van der Waals surface area contributed by atoms with E-state index in [0.29, 0.717) is 19.4 Å². The minimum absolute atomic E-state index is 0.0484. The molecule has 1 aliphatic heterocycles. The monoisotopic (exact) mass is 356 g/mol. The van der Waals surface area contributed by atoms with Crippen LogP contribution in [-0.4, -0.2) is 54.7 Å². The SMILES string of the molecule is O=C(Cn1cncn1)N1CCCC(Oc2nccc(C(F)(F)F)n2)C1. The van der Waals surface area contributed by atoms with Gasteiger partial charge in [-0.2, -0.15) is 23.3 Å². The highest BCUT2D eigenvalue weighted by atomic mass is 19.4. The van der Waals surface area contributed by atoms with E-state index in [4.69, 9.17) is 4.74 Å². The minimum Gasteiger partial charge on any atom is -0.458 e. The molecule has 8 nitrogen and oxygen atoms in total. The van der Waals surface area contributed by atoms with Gasteiger partial charge in [0.25, 0.3) is 0 Å². The molecule has 1 aliphatic rings. The Balaban J connectivity index is 1.61. The van der Waals surface area contributed by atoms with E-state index >= 15 is 0 Å².